The van der Waals surface area contributed by atoms with E-state index in [1.165, 1.54) is 21.8 Å². The highest BCUT2D eigenvalue weighted by Gasteiger charge is 2.24. The molecule has 1 aromatic carbocycles. The van der Waals surface area contributed by atoms with Gasteiger partial charge >= 0.3 is 0 Å². The summed E-state index contributed by atoms with van der Waals surface area (Å²) in [5, 5.41) is 2.83. The van der Waals surface area contributed by atoms with Gasteiger partial charge in [-0.25, -0.2) is 0 Å². The summed E-state index contributed by atoms with van der Waals surface area (Å²) < 4.78 is 0. The minimum Gasteiger partial charge on any atom is -0.252 e. The maximum absolute atomic E-state index is 4.95. The van der Waals surface area contributed by atoms with Crippen LogP contribution in [0.15, 0.2) is 24.3 Å². The van der Waals surface area contributed by atoms with E-state index in [0.29, 0.717) is 0 Å². The van der Waals surface area contributed by atoms with Crippen molar-refractivity contribution in [3.05, 3.63) is 35.5 Å². The molecule has 2 heteroatoms. The van der Waals surface area contributed by atoms with Crippen LogP contribution in [0.1, 0.15) is 32.0 Å². The van der Waals surface area contributed by atoms with E-state index in [0.717, 1.165) is 5.52 Å². The summed E-state index contributed by atoms with van der Waals surface area (Å²) in [6.07, 6.45) is 0. The number of aromatic nitrogens is 1. The lowest BCUT2D eigenvalue weighted by Crippen LogP contribution is -2.36. The van der Waals surface area contributed by atoms with E-state index in [1.807, 2.05) is 0 Å². The van der Waals surface area contributed by atoms with Crippen LogP contribution in [0.5, 0.6) is 0 Å². The highest BCUT2D eigenvalue weighted by Crippen LogP contribution is 2.24. The van der Waals surface area contributed by atoms with Crippen molar-refractivity contribution in [2.24, 2.45) is 0 Å². The topological polar surface area (TPSA) is 12.9 Å². The maximum Gasteiger partial charge on any atom is 0.0820 e. The fraction of sp³-hybridized carbons (Fsp3) is 0.438. The first-order chi connectivity index (χ1) is 8.32. The molecule has 2 rings (SSSR count). The van der Waals surface area contributed by atoms with E-state index < -0.39 is 8.80 Å². The SMILES string of the molecule is Cc1c([Si](C)C)c(C(C)(C)C)nc2ccccc12. The third-order valence-corrected chi connectivity index (χ3v) is 4.97. The molecule has 2 aromatic rings. The molecule has 0 aliphatic rings. The molecule has 0 aliphatic heterocycles. The first-order valence-electron chi connectivity index (χ1n) is 6.52. The Morgan fingerprint density at radius 3 is 2.22 bits per heavy atom. The number of para-hydroxylation sites is 1. The number of nitrogens with zero attached hydrogens (tertiary/aromatic N) is 1. The Balaban J connectivity index is 2.88. The van der Waals surface area contributed by atoms with Gasteiger partial charge in [-0.1, -0.05) is 52.1 Å². The Hall–Kier alpha value is -1.15. The first-order valence-corrected chi connectivity index (χ1v) is 9.02. The maximum atomic E-state index is 4.95. The highest BCUT2D eigenvalue weighted by molar-refractivity contribution is 6.71. The Morgan fingerprint density at radius 2 is 1.67 bits per heavy atom. The minimum absolute atomic E-state index is 0.117. The number of aryl methyl sites for hydroxylation is 1. The lowest BCUT2D eigenvalue weighted by Gasteiger charge is -2.25. The minimum atomic E-state index is -0.507. The van der Waals surface area contributed by atoms with E-state index in [4.69, 9.17) is 4.98 Å². The van der Waals surface area contributed by atoms with Gasteiger partial charge in [0.15, 0.2) is 0 Å². The Labute approximate surface area is 112 Å². The molecule has 0 saturated carbocycles. The van der Waals surface area contributed by atoms with Crippen molar-refractivity contribution in [2.75, 3.05) is 0 Å². The van der Waals surface area contributed by atoms with Gasteiger partial charge in [-0.3, -0.25) is 4.98 Å². The van der Waals surface area contributed by atoms with E-state index in [-0.39, 0.29) is 5.41 Å². The van der Waals surface area contributed by atoms with Crippen molar-refractivity contribution in [3.8, 4) is 0 Å². The van der Waals surface area contributed by atoms with E-state index in [1.54, 1.807) is 0 Å². The Morgan fingerprint density at radius 1 is 1.06 bits per heavy atom. The van der Waals surface area contributed by atoms with Gasteiger partial charge in [0.2, 0.25) is 0 Å². The van der Waals surface area contributed by atoms with Crippen LogP contribution < -0.4 is 5.19 Å². The third-order valence-electron chi connectivity index (χ3n) is 3.36. The lowest BCUT2D eigenvalue weighted by molar-refractivity contribution is 0.575. The quantitative estimate of drug-likeness (QED) is 0.707. The second-order valence-corrected chi connectivity index (χ2v) is 8.73. The molecule has 1 nitrogen and oxygen atoms in total. The molecule has 0 saturated heterocycles. The summed E-state index contributed by atoms with van der Waals surface area (Å²) in [5.74, 6) is 0. The molecule has 0 aliphatic carbocycles. The van der Waals surface area contributed by atoms with Gasteiger partial charge in [0.05, 0.1) is 14.3 Å². The number of hydrogen-bond acceptors (Lipinski definition) is 1. The van der Waals surface area contributed by atoms with E-state index >= 15 is 0 Å². The largest absolute Gasteiger partial charge is 0.252 e. The molecule has 0 bridgehead atoms. The third kappa shape index (κ3) is 2.22. The first kappa shape index (κ1) is 13.3. The van der Waals surface area contributed by atoms with Gasteiger partial charge in [-0.2, -0.15) is 0 Å². The van der Waals surface area contributed by atoms with Gasteiger partial charge in [0.25, 0.3) is 0 Å². The van der Waals surface area contributed by atoms with Crippen LogP contribution in [-0.2, 0) is 5.41 Å². The Kier molecular flexibility index (Phi) is 3.32. The molecule has 0 amide bonds. The lowest BCUT2D eigenvalue weighted by atomic mass is 9.90. The van der Waals surface area contributed by atoms with Crippen LogP contribution >= 0.6 is 0 Å². The second-order valence-electron chi connectivity index (χ2n) is 6.23. The predicted octanol–water partition coefficient (Wildman–Crippen LogP) is 3.80. The van der Waals surface area contributed by atoms with Gasteiger partial charge in [-0.15, -0.1) is 0 Å². The molecule has 1 heterocycles. The molecule has 0 N–H and O–H groups in total. The zero-order chi connectivity index (χ0) is 13.5. The smallest absolute Gasteiger partial charge is 0.0820 e. The number of hydrogen-bond donors (Lipinski definition) is 0. The van der Waals surface area contributed by atoms with Gasteiger partial charge in [0, 0.05) is 16.5 Å². The van der Waals surface area contributed by atoms with Gasteiger partial charge in [-0.05, 0) is 23.7 Å². The van der Waals surface area contributed by atoms with Crippen LogP contribution in [-0.4, -0.2) is 13.8 Å². The van der Waals surface area contributed by atoms with Crippen LogP contribution in [0.3, 0.4) is 0 Å². The monoisotopic (exact) mass is 256 g/mol. The Bertz CT molecular complexity index is 579. The molecule has 1 aromatic heterocycles. The number of rotatable bonds is 1. The van der Waals surface area contributed by atoms with E-state index in [2.05, 4.69) is 65.1 Å². The fourth-order valence-corrected chi connectivity index (χ4v) is 4.32. The molecule has 0 spiro atoms. The molecule has 1 radical (unpaired) electrons. The zero-order valence-electron chi connectivity index (χ0n) is 12.3. The molecular weight excluding hydrogens is 234 g/mol. The van der Waals surface area contributed by atoms with E-state index in [9.17, 15) is 0 Å². The summed E-state index contributed by atoms with van der Waals surface area (Å²) in [7, 11) is -0.507. The van der Waals surface area contributed by atoms with Gasteiger partial charge < -0.3 is 0 Å². The number of fused-ring (bicyclic) bond motifs is 1. The molecule has 0 fully saturated rings. The summed E-state index contributed by atoms with van der Waals surface area (Å²) >= 11 is 0. The van der Waals surface area contributed by atoms with Crippen molar-refractivity contribution in [2.45, 2.75) is 46.2 Å². The standard InChI is InChI=1S/C16H22NSi/c1-11-12-9-7-8-10-13(12)17-15(16(2,3)4)14(11)18(5)6/h7-10H,1-6H3. The molecule has 95 valence electrons. The van der Waals surface area contributed by atoms with Crippen LogP contribution in [0.4, 0.5) is 0 Å². The number of pyridine rings is 1. The fourth-order valence-electron chi connectivity index (χ4n) is 2.53. The molecule has 18 heavy (non-hydrogen) atoms. The van der Waals surface area contributed by atoms with Crippen molar-refractivity contribution in [1.82, 2.24) is 4.98 Å². The molecule has 0 unspecified atom stereocenters. The summed E-state index contributed by atoms with van der Waals surface area (Å²) in [4.78, 5) is 4.95. The summed E-state index contributed by atoms with van der Waals surface area (Å²) in [6.45, 7) is 13.8. The average Bonchev–Trinajstić information content (AvgIpc) is 2.27. The highest BCUT2D eigenvalue weighted by atomic mass is 28.3. The normalized spacial score (nSPS) is 12.4. The number of benzene rings is 1. The van der Waals surface area contributed by atoms with Crippen molar-refractivity contribution < 1.29 is 0 Å². The molecule has 0 atom stereocenters. The van der Waals surface area contributed by atoms with Crippen LogP contribution in [0.25, 0.3) is 10.9 Å². The zero-order valence-corrected chi connectivity index (χ0v) is 13.3. The van der Waals surface area contributed by atoms with Crippen molar-refractivity contribution in [1.29, 1.82) is 0 Å². The molecular formula is C16H22NSi. The summed E-state index contributed by atoms with van der Waals surface area (Å²) in [5.41, 5.74) is 3.97. The summed E-state index contributed by atoms with van der Waals surface area (Å²) in [6, 6.07) is 8.50. The van der Waals surface area contributed by atoms with Crippen molar-refractivity contribution >= 4 is 24.9 Å². The second kappa shape index (κ2) is 4.50. The van der Waals surface area contributed by atoms with Gasteiger partial charge in [0.1, 0.15) is 0 Å². The average molecular weight is 256 g/mol. The van der Waals surface area contributed by atoms with Crippen molar-refractivity contribution in [3.63, 3.8) is 0 Å². The predicted molar refractivity (Wildman–Crippen MR) is 82.3 cm³/mol. The van der Waals surface area contributed by atoms with Crippen LogP contribution in [0, 0.1) is 6.92 Å². The van der Waals surface area contributed by atoms with Crippen LogP contribution in [0.2, 0.25) is 13.1 Å².